The van der Waals surface area contributed by atoms with Gasteiger partial charge < -0.3 is 10.3 Å². The van der Waals surface area contributed by atoms with Crippen molar-refractivity contribution in [2.45, 2.75) is 62.9 Å². The molecule has 1 aromatic rings. The third-order valence-corrected chi connectivity index (χ3v) is 5.14. The van der Waals surface area contributed by atoms with E-state index in [1.54, 1.807) is 0 Å². The van der Waals surface area contributed by atoms with E-state index in [4.69, 9.17) is 10.3 Å². The Morgan fingerprint density at radius 3 is 2.89 bits per heavy atom. The van der Waals surface area contributed by atoms with Gasteiger partial charge in [-0.15, -0.1) is 0 Å². The van der Waals surface area contributed by atoms with Gasteiger partial charge in [0, 0.05) is 11.7 Å². The maximum Gasteiger partial charge on any atom is 0.226 e. The molecule has 0 aliphatic heterocycles. The highest BCUT2D eigenvalue weighted by molar-refractivity contribution is 7.99. The summed E-state index contributed by atoms with van der Waals surface area (Å²) in [7, 11) is 0. The molecule has 1 aliphatic rings. The summed E-state index contributed by atoms with van der Waals surface area (Å²) in [6.45, 7) is 2.98. The zero-order valence-electron chi connectivity index (χ0n) is 11.8. The van der Waals surface area contributed by atoms with Crippen LogP contribution in [0.1, 0.15) is 57.2 Å². The van der Waals surface area contributed by atoms with Crippen LogP contribution in [0, 0.1) is 5.92 Å². The summed E-state index contributed by atoms with van der Waals surface area (Å²) in [5.74, 6) is 3.17. The highest BCUT2D eigenvalue weighted by Crippen LogP contribution is 2.31. The van der Waals surface area contributed by atoms with E-state index in [9.17, 15) is 0 Å². The van der Waals surface area contributed by atoms with Crippen molar-refractivity contribution in [1.82, 2.24) is 10.1 Å². The molecule has 2 N–H and O–H groups in total. The first kappa shape index (κ1) is 14.9. The summed E-state index contributed by atoms with van der Waals surface area (Å²) in [5.41, 5.74) is 5.55. The van der Waals surface area contributed by atoms with Gasteiger partial charge in [0.2, 0.25) is 5.89 Å². The average molecular weight is 283 g/mol. The van der Waals surface area contributed by atoms with Crippen molar-refractivity contribution in [3.8, 4) is 0 Å². The molecule has 0 bridgehead atoms. The van der Waals surface area contributed by atoms with Gasteiger partial charge in [-0.25, -0.2) is 0 Å². The van der Waals surface area contributed by atoms with Crippen LogP contribution < -0.4 is 5.73 Å². The Bertz CT molecular complexity index is 363. The van der Waals surface area contributed by atoms with Crippen molar-refractivity contribution in [3.05, 3.63) is 11.7 Å². The number of nitrogens with zero attached hydrogens (tertiary/aromatic N) is 2. The molecule has 108 valence electrons. The Morgan fingerprint density at radius 1 is 1.37 bits per heavy atom. The van der Waals surface area contributed by atoms with Crippen LogP contribution in [-0.2, 0) is 12.2 Å². The Balaban J connectivity index is 1.69. The molecule has 1 saturated carbocycles. The summed E-state index contributed by atoms with van der Waals surface area (Å²) in [6, 6.07) is 0. The van der Waals surface area contributed by atoms with Crippen LogP contribution in [-0.4, -0.2) is 21.9 Å². The molecule has 19 heavy (non-hydrogen) atoms. The van der Waals surface area contributed by atoms with Crippen LogP contribution in [0.5, 0.6) is 0 Å². The molecule has 4 nitrogen and oxygen atoms in total. The number of rotatable bonds is 8. The van der Waals surface area contributed by atoms with Crippen LogP contribution in [0.2, 0.25) is 0 Å². The van der Waals surface area contributed by atoms with Gasteiger partial charge in [0.15, 0.2) is 5.82 Å². The van der Waals surface area contributed by atoms with Crippen molar-refractivity contribution >= 4 is 11.8 Å². The predicted octanol–water partition coefficient (Wildman–Crippen LogP) is 3.16. The fourth-order valence-electron chi connectivity index (χ4n) is 2.50. The smallest absolute Gasteiger partial charge is 0.226 e. The van der Waals surface area contributed by atoms with Gasteiger partial charge in [-0.1, -0.05) is 24.9 Å². The number of hydrogen-bond acceptors (Lipinski definition) is 5. The number of nitrogens with two attached hydrogens (primary N) is 1. The Hall–Kier alpha value is -0.550. The van der Waals surface area contributed by atoms with Gasteiger partial charge in [0.25, 0.3) is 0 Å². The van der Waals surface area contributed by atoms with Gasteiger partial charge in [-0.05, 0) is 38.1 Å². The molecular formula is C14H25N3OS. The van der Waals surface area contributed by atoms with Gasteiger partial charge in [-0.3, -0.25) is 0 Å². The number of thioether (sulfide) groups is 1. The van der Waals surface area contributed by atoms with E-state index < -0.39 is 0 Å². The largest absolute Gasteiger partial charge is 0.339 e. The first-order chi connectivity index (χ1) is 9.28. The minimum absolute atomic E-state index is 0.633. The van der Waals surface area contributed by atoms with E-state index in [1.165, 1.54) is 25.7 Å². The third-order valence-electron chi connectivity index (χ3n) is 3.77. The van der Waals surface area contributed by atoms with Gasteiger partial charge in [-0.2, -0.15) is 16.7 Å². The van der Waals surface area contributed by atoms with Crippen molar-refractivity contribution in [2.75, 3.05) is 6.54 Å². The van der Waals surface area contributed by atoms with Gasteiger partial charge in [0.05, 0.1) is 5.75 Å². The third kappa shape index (κ3) is 5.15. The van der Waals surface area contributed by atoms with E-state index in [0.29, 0.717) is 5.92 Å². The summed E-state index contributed by atoms with van der Waals surface area (Å²) in [6.07, 6.45) is 8.50. The van der Waals surface area contributed by atoms with Crippen LogP contribution in [0.25, 0.3) is 0 Å². The lowest BCUT2D eigenvalue weighted by atomic mass is 10.0. The zero-order chi connectivity index (χ0) is 13.5. The fourth-order valence-corrected chi connectivity index (χ4v) is 3.67. The van der Waals surface area contributed by atoms with Crippen molar-refractivity contribution < 1.29 is 4.52 Å². The second-order valence-electron chi connectivity index (χ2n) is 5.54. The van der Waals surface area contributed by atoms with E-state index in [2.05, 4.69) is 17.1 Å². The molecule has 1 heterocycles. The predicted molar refractivity (Wildman–Crippen MR) is 79.0 cm³/mol. The number of hydrogen-bond donors (Lipinski definition) is 1. The fraction of sp³-hybridized carbons (Fsp3) is 0.857. The zero-order valence-corrected chi connectivity index (χ0v) is 12.6. The van der Waals surface area contributed by atoms with Gasteiger partial charge >= 0.3 is 0 Å². The monoisotopic (exact) mass is 283 g/mol. The molecule has 2 rings (SSSR count). The van der Waals surface area contributed by atoms with Crippen LogP contribution in [0.15, 0.2) is 4.52 Å². The molecule has 1 aromatic heterocycles. The van der Waals surface area contributed by atoms with Crippen molar-refractivity contribution in [1.29, 1.82) is 0 Å². The minimum atomic E-state index is 0.633. The molecule has 1 aliphatic carbocycles. The average Bonchev–Trinajstić information content (AvgIpc) is 3.06. The Kier molecular flexibility index (Phi) is 6.17. The van der Waals surface area contributed by atoms with E-state index in [1.807, 2.05) is 11.8 Å². The molecule has 0 radical (unpaired) electrons. The standard InChI is InChI=1S/C14H25N3OS/c1-11(8-9-15)6-7-14-16-13(17-18-14)10-19-12-4-2-3-5-12/h11-12H,2-10,15H2,1H3. The van der Waals surface area contributed by atoms with E-state index in [0.717, 1.165) is 48.5 Å². The number of aromatic nitrogens is 2. The molecule has 0 aromatic carbocycles. The van der Waals surface area contributed by atoms with E-state index in [-0.39, 0.29) is 0 Å². The summed E-state index contributed by atoms with van der Waals surface area (Å²) in [5, 5.41) is 4.88. The molecule has 1 fully saturated rings. The second kappa shape index (κ2) is 7.90. The first-order valence-electron chi connectivity index (χ1n) is 7.41. The quantitative estimate of drug-likeness (QED) is 0.794. The van der Waals surface area contributed by atoms with Crippen molar-refractivity contribution in [3.63, 3.8) is 0 Å². The number of aryl methyl sites for hydroxylation is 1. The lowest BCUT2D eigenvalue weighted by Crippen LogP contribution is -2.06. The van der Waals surface area contributed by atoms with Gasteiger partial charge in [0.1, 0.15) is 0 Å². The maximum atomic E-state index is 5.55. The minimum Gasteiger partial charge on any atom is -0.339 e. The molecule has 0 spiro atoms. The Morgan fingerprint density at radius 2 is 2.16 bits per heavy atom. The SMILES string of the molecule is CC(CCN)CCc1nc(CSC2CCCC2)no1. The highest BCUT2D eigenvalue weighted by atomic mass is 32.2. The summed E-state index contributed by atoms with van der Waals surface area (Å²) >= 11 is 1.98. The van der Waals surface area contributed by atoms with E-state index >= 15 is 0 Å². The summed E-state index contributed by atoms with van der Waals surface area (Å²) < 4.78 is 5.30. The van der Waals surface area contributed by atoms with Crippen molar-refractivity contribution in [2.24, 2.45) is 11.7 Å². The second-order valence-corrected chi connectivity index (χ2v) is 6.83. The van der Waals surface area contributed by atoms with Crippen LogP contribution in [0.4, 0.5) is 0 Å². The Labute approximate surface area is 119 Å². The maximum absolute atomic E-state index is 5.55. The molecule has 0 amide bonds. The molecule has 1 unspecified atom stereocenters. The summed E-state index contributed by atoms with van der Waals surface area (Å²) in [4.78, 5) is 4.47. The molecule has 1 atom stereocenters. The molecule has 5 heteroatoms. The lowest BCUT2D eigenvalue weighted by molar-refractivity contribution is 0.359. The normalized spacial score (nSPS) is 18.0. The highest BCUT2D eigenvalue weighted by Gasteiger charge is 2.16. The van der Waals surface area contributed by atoms with Crippen LogP contribution in [0.3, 0.4) is 0 Å². The lowest BCUT2D eigenvalue weighted by Gasteiger charge is -2.06. The topological polar surface area (TPSA) is 64.9 Å². The van der Waals surface area contributed by atoms with Crippen LogP contribution >= 0.6 is 11.8 Å². The molecule has 0 saturated heterocycles. The molecular weight excluding hydrogens is 258 g/mol. The first-order valence-corrected chi connectivity index (χ1v) is 8.46.